The molecule has 1 rings (SSSR count). The zero-order valence-electron chi connectivity index (χ0n) is 9.05. The van der Waals surface area contributed by atoms with Crippen molar-refractivity contribution >= 4 is 0 Å². The molecular weight excluding hydrogens is 160 g/mol. The SMILES string of the molecule is CCC[N+]1(CC)CCCCC1.[C-]#N. The summed E-state index contributed by atoms with van der Waals surface area (Å²) in [5.74, 6) is 0. The monoisotopic (exact) mass is 182 g/mol. The van der Waals surface area contributed by atoms with Crippen molar-refractivity contribution in [1.82, 2.24) is 0 Å². The van der Waals surface area contributed by atoms with Crippen LogP contribution in [0.4, 0.5) is 0 Å². The van der Waals surface area contributed by atoms with Crippen LogP contribution >= 0.6 is 0 Å². The highest BCUT2D eigenvalue weighted by Gasteiger charge is 2.26. The van der Waals surface area contributed by atoms with Crippen LogP contribution in [0.25, 0.3) is 0 Å². The van der Waals surface area contributed by atoms with Crippen LogP contribution < -0.4 is 0 Å². The minimum atomic E-state index is 1.36. The summed E-state index contributed by atoms with van der Waals surface area (Å²) < 4.78 is 1.41. The topological polar surface area (TPSA) is 23.8 Å². The third kappa shape index (κ3) is 3.78. The van der Waals surface area contributed by atoms with E-state index in [-0.39, 0.29) is 0 Å². The van der Waals surface area contributed by atoms with Crippen LogP contribution in [0.3, 0.4) is 0 Å². The lowest BCUT2D eigenvalue weighted by Gasteiger charge is -2.40. The minimum absolute atomic E-state index is 1.36. The molecule has 0 atom stereocenters. The first-order valence-corrected chi connectivity index (χ1v) is 5.40. The molecule has 1 heterocycles. The molecule has 1 fully saturated rings. The predicted octanol–water partition coefficient (Wildman–Crippen LogP) is 2.51. The average molecular weight is 182 g/mol. The maximum Gasteiger partial charge on any atom is 0.0786 e. The van der Waals surface area contributed by atoms with Gasteiger partial charge >= 0.3 is 0 Å². The van der Waals surface area contributed by atoms with Gasteiger partial charge in [-0.05, 0) is 32.6 Å². The number of quaternary nitrogens is 1. The van der Waals surface area contributed by atoms with E-state index < -0.39 is 0 Å². The van der Waals surface area contributed by atoms with Crippen LogP contribution in [0.2, 0.25) is 0 Å². The van der Waals surface area contributed by atoms with Crippen LogP contribution in [0.1, 0.15) is 39.5 Å². The fourth-order valence-corrected chi connectivity index (χ4v) is 2.36. The van der Waals surface area contributed by atoms with E-state index >= 15 is 0 Å². The van der Waals surface area contributed by atoms with Crippen molar-refractivity contribution in [3.63, 3.8) is 0 Å². The van der Waals surface area contributed by atoms with Crippen molar-refractivity contribution in [3.8, 4) is 0 Å². The van der Waals surface area contributed by atoms with Crippen molar-refractivity contribution in [2.45, 2.75) is 39.5 Å². The van der Waals surface area contributed by atoms with Gasteiger partial charge in [0.05, 0.1) is 26.2 Å². The highest BCUT2D eigenvalue weighted by atomic mass is 15.3. The molecule has 0 aromatic rings. The normalized spacial score (nSPS) is 20.0. The lowest BCUT2D eigenvalue weighted by molar-refractivity contribution is -0.930. The van der Waals surface area contributed by atoms with Gasteiger partial charge in [-0.15, -0.1) is 0 Å². The maximum absolute atomic E-state index is 6.25. The van der Waals surface area contributed by atoms with Crippen LogP contribution in [-0.2, 0) is 0 Å². The van der Waals surface area contributed by atoms with Gasteiger partial charge in [-0.25, -0.2) is 0 Å². The number of nitrogens with zero attached hydrogens (tertiary/aromatic N) is 2. The Kier molecular flexibility index (Phi) is 6.62. The molecule has 0 aromatic heterocycles. The molecule has 2 heteroatoms. The molecule has 76 valence electrons. The Bertz CT molecular complexity index is 129. The summed E-state index contributed by atoms with van der Waals surface area (Å²) in [5, 5.41) is 6.25. The zero-order valence-corrected chi connectivity index (χ0v) is 9.05. The van der Waals surface area contributed by atoms with E-state index in [0.29, 0.717) is 0 Å². The molecule has 2 nitrogen and oxygen atoms in total. The first-order valence-electron chi connectivity index (χ1n) is 5.40. The quantitative estimate of drug-likeness (QED) is 0.486. The molecule has 1 aliphatic heterocycles. The first-order chi connectivity index (χ1) is 6.33. The molecule has 0 spiro atoms. The second-order valence-corrected chi connectivity index (χ2v) is 3.89. The third-order valence-corrected chi connectivity index (χ3v) is 3.13. The Labute approximate surface area is 82.8 Å². The predicted molar refractivity (Wildman–Crippen MR) is 54.5 cm³/mol. The highest BCUT2D eigenvalue weighted by molar-refractivity contribution is 4.52. The van der Waals surface area contributed by atoms with E-state index in [1.807, 2.05) is 0 Å². The Morgan fingerprint density at radius 1 is 1.08 bits per heavy atom. The maximum atomic E-state index is 6.25. The average Bonchev–Trinajstić information content (AvgIpc) is 2.23. The Morgan fingerprint density at radius 2 is 1.62 bits per heavy atom. The molecule has 13 heavy (non-hydrogen) atoms. The van der Waals surface area contributed by atoms with E-state index in [0.717, 1.165) is 0 Å². The number of hydrogen-bond donors (Lipinski definition) is 0. The summed E-state index contributed by atoms with van der Waals surface area (Å²) in [6.07, 6.45) is 5.76. The number of likely N-dealkylation sites (tertiary alicyclic amines) is 1. The standard InChI is InChI=1S/C10H22N.CN/c1-3-8-11(4-2)9-6-5-7-10-11;1-2/h3-10H2,1-2H3;/q+1;-1. The fraction of sp³-hybridized carbons (Fsp3) is 0.909. The number of hydrogen-bond acceptors (Lipinski definition) is 1. The van der Waals surface area contributed by atoms with Crippen molar-refractivity contribution in [1.29, 1.82) is 5.26 Å². The van der Waals surface area contributed by atoms with Gasteiger partial charge in [0.2, 0.25) is 0 Å². The van der Waals surface area contributed by atoms with Crippen molar-refractivity contribution in [3.05, 3.63) is 6.57 Å². The van der Waals surface area contributed by atoms with E-state index in [2.05, 4.69) is 13.8 Å². The molecule has 0 saturated carbocycles. The van der Waals surface area contributed by atoms with Gasteiger partial charge in [0.1, 0.15) is 0 Å². The van der Waals surface area contributed by atoms with Gasteiger partial charge in [-0.2, -0.15) is 0 Å². The minimum Gasteiger partial charge on any atom is -0.512 e. The van der Waals surface area contributed by atoms with Gasteiger partial charge in [-0.3, -0.25) is 0 Å². The van der Waals surface area contributed by atoms with Gasteiger partial charge in [0.15, 0.2) is 0 Å². The fourth-order valence-electron chi connectivity index (χ4n) is 2.36. The summed E-state index contributed by atoms with van der Waals surface area (Å²) >= 11 is 0. The Morgan fingerprint density at radius 3 is 2.00 bits per heavy atom. The molecule has 0 N–H and O–H groups in total. The smallest absolute Gasteiger partial charge is 0.0786 e. The van der Waals surface area contributed by atoms with Gasteiger partial charge in [0, 0.05) is 0 Å². The third-order valence-electron chi connectivity index (χ3n) is 3.13. The lowest BCUT2D eigenvalue weighted by Crippen LogP contribution is -2.51. The second-order valence-electron chi connectivity index (χ2n) is 3.89. The van der Waals surface area contributed by atoms with Crippen molar-refractivity contribution in [2.75, 3.05) is 26.2 Å². The van der Waals surface area contributed by atoms with Gasteiger partial charge in [0.25, 0.3) is 0 Å². The van der Waals surface area contributed by atoms with Crippen molar-refractivity contribution < 1.29 is 4.48 Å². The molecule has 1 saturated heterocycles. The molecule has 0 amide bonds. The molecule has 0 aromatic carbocycles. The van der Waals surface area contributed by atoms with E-state index in [4.69, 9.17) is 11.8 Å². The van der Waals surface area contributed by atoms with Gasteiger partial charge < -0.3 is 16.3 Å². The summed E-state index contributed by atoms with van der Waals surface area (Å²) in [6.45, 7) is 15.1. The first kappa shape index (κ1) is 12.4. The molecule has 0 radical (unpaired) electrons. The van der Waals surface area contributed by atoms with Crippen LogP contribution in [0, 0.1) is 11.8 Å². The number of rotatable bonds is 3. The van der Waals surface area contributed by atoms with Crippen LogP contribution in [0.15, 0.2) is 0 Å². The Balaban J connectivity index is 0.000000671. The molecule has 1 aliphatic rings. The molecule has 0 unspecified atom stereocenters. The molecule has 0 bridgehead atoms. The van der Waals surface area contributed by atoms with Crippen molar-refractivity contribution in [2.24, 2.45) is 0 Å². The Hall–Kier alpha value is -0.550. The van der Waals surface area contributed by atoms with E-state index in [9.17, 15) is 0 Å². The van der Waals surface area contributed by atoms with Gasteiger partial charge in [-0.1, -0.05) is 6.92 Å². The molecule has 0 aliphatic carbocycles. The summed E-state index contributed by atoms with van der Waals surface area (Å²) in [7, 11) is 0. The summed E-state index contributed by atoms with van der Waals surface area (Å²) in [6, 6.07) is 0. The van der Waals surface area contributed by atoms with Crippen LogP contribution in [0.5, 0.6) is 0 Å². The summed E-state index contributed by atoms with van der Waals surface area (Å²) in [5.41, 5.74) is 0. The number of piperidine rings is 1. The van der Waals surface area contributed by atoms with E-state index in [1.54, 1.807) is 0 Å². The second kappa shape index (κ2) is 6.91. The summed E-state index contributed by atoms with van der Waals surface area (Å²) in [4.78, 5) is 0. The molecular formula is C11H22N2. The van der Waals surface area contributed by atoms with Crippen LogP contribution in [-0.4, -0.2) is 30.7 Å². The highest BCUT2D eigenvalue weighted by Crippen LogP contribution is 2.18. The largest absolute Gasteiger partial charge is 0.512 e. The lowest BCUT2D eigenvalue weighted by atomic mass is 10.1. The zero-order chi connectivity index (χ0) is 10.2. The van der Waals surface area contributed by atoms with E-state index in [1.165, 1.54) is 56.3 Å².